The first-order valence-electron chi connectivity index (χ1n) is 10.4. The Bertz CT molecular complexity index is 1300. The Morgan fingerprint density at radius 2 is 1.67 bits per heavy atom. The number of esters is 1. The standard InChI is InChI=1S/C24H20N4O5/c29-22(33-21-11-5-10-20-23(21)26-27-28(20)31)12-13-25-24(30)32-14-19-17-8-3-1-6-15(17)16-7-2-4-9-18(16)19/h1-11,19,31H,12-14H2,(H,25,30). The van der Waals surface area contributed by atoms with Gasteiger partial charge in [-0.25, -0.2) is 4.79 Å². The number of carbonyl (C=O) groups excluding carboxylic acids is 2. The normalized spacial score (nSPS) is 12.2. The molecule has 3 aromatic carbocycles. The summed E-state index contributed by atoms with van der Waals surface area (Å²) in [5, 5.41) is 19.4. The third kappa shape index (κ3) is 3.96. The molecule has 0 bridgehead atoms. The quantitative estimate of drug-likeness (QED) is 0.266. The molecule has 0 saturated heterocycles. The lowest BCUT2D eigenvalue weighted by Crippen LogP contribution is -2.29. The maximum absolute atomic E-state index is 12.2. The van der Waals surface area contributed by atoms with Crippen LogP contribution in [0.2, 0.25) is 0 Å². The Morgan fingerprint density at radius 1 is 0.970 bits per heavy atom. The second-order valence-corrected chi connectivity index (χ2v) is 7.58. The molecule has 0 radical (unpaired) electrons. The van der Waals surface area contributed by atoms with Gasteiger partial charge in [-0.1, -0.05) is 59.4 Å². The number of hydrogen-bond donors (Lipinski definition) is 2. The molecule has 0 fully saturated rings. The zero-order valence-corrected chi connectivity index (χ0v) is 17.5. The van der Waals surface area contributed by atoms with Crippen LogP contribution in [0.1, 0.15) is 23.5 Å². The van der Waals surface area contributed by atoms with Crippen molar-refractivity contribution in [3.63, 3.8) is 0 Å². The number of nitrogens with zero attached hydrogens (tertiary/aromatic N) is 3. The van der Waals surface area contributed by atoms with Gasteiger partial charge in [0.1, 0.15) is 12.1 Å². The van der Waals surface area contributed by atoms with Crippen molar-refractivity contribution < 1.29 is 24.3 Å². The van der Waals surface area contributed by atoms with E-state index in [1.54, 1.807) is 18.2 Å². The highest BCUT2D eigenvalue weighted by atomic mass is 16.6. The Hall–Kier alpha value is -4.40. The van der Waals surface area contributed by atoms with Gasteiger partial charge >= 0.3 is 12.1 Å². The molecule has 1 aromatic heterocycles. The number of hydrogen-bond acceptors (Lipinski definition) is 7. The summed E-state index contributed by atoms with van der Waals surface area (Å²) in [6.45, 7) is 0.251. The number of fused-ring (bicyclic) bond motifs is 4. The minimum atomic E-state index is -0.602. The highest BCUT2D eigenvalue weighted by Crippen LogP contribution is 2.44. The third-order valence-corrected chi connectivity index (χ3v) is 5.59. The molecule has 5 rings (SSSR count). The molecule has 0 atom stereocenters. The van der Waals surface area contributed by atoms with Gasteiger partial charge in [-0.2, -0.15) is 0 Å². The first kappa shape index (κ1) is 20.5. The van der Waals surface area contributed by atoms with Crippen LogP contribution in [0.25, 0.3) is 22.2 Å². The van der Waals surface area contributed by atoms with Crippen LogP contribution in [0.15, 0.2) is 66.7 Å². The summed E-state index contributed by atoms with van der Waals surface area (Å²) in [6, 6.07) is 20.9. The van der Waals surface area contributed by atoms with Crippen molar-refractivity contribution in [1.29, 1.82) is 0 Å². The molecule has 1 amide bonds. The molecule has 4 aromatic rings. The van der Waals surface area contributed by atoms with Gasteiger partial charge in [-0.15, -0.1) is 5.10 Å². The third-order valence-electron chi connectivity index (χ3n) is 5.59. The lowest BCUT2D eigenvalue weighted by atomic mass is 9.98. The molecule has 1 aliphatic carbocycles. The molecular weight excluding hydrogens is 424 g/mol. The molecule has 0 unspecified atom stereocenters. The van der Waals surface area contributed by atoms with Crippen molar-refractivity contribution in [2.45, 2.75) is 12.3 Å². The molecule has 166 valence electrons. The highest BCUT2D eigenvalue weighted by molar-refractivity contribution is 5.84. The van der Waals surface area contributed by atoms with E-state index in [1.165, 1.54) is 0 Å². The summed E-state index contributed by atoms with van der Waals surface area (Å²) in [5.41, 5.74) is 5.14. The van der Waals surface area contributed by atoms with Crippen LogP contribution < -0.4 is 10.1 Å². The van der Waals surface area contributed by atoms with Gasteiger partial charge in [0.2, 0.25) is 0 Å². The monoisotopic (exact) mass is 444 g/mol. The maximum Gasteiger partial charge on any atom is 0.407 e. The first-order valence-corrected chi connectivity index (χ1v) is 10.4. The predicted molar refractivity (Wildman–Crippen MR) is 118 cm³/mol. The van der Waals surface area contributed by atoms with E-state index in [4.69, 9.17) is 9.47 Å². The predicted octanol–water partition coefficient (Wildman–Crippen LogP) is 3.50. The van der Waals surface area contributed by atoms with Crippen LogP contribution in [-0.2, 0) is 9.53 Å². The zero-order valence-electron chi connectivity index (χ0n) is 17.5. The van der Waals surface area contributed by atoms with E-state index in [0.717, 1.165) is 22.3 Å². The average molecular weight is 444 g/mol. The summed E-state index contributed by atoms with van der Waals surface area (Å²) in [4.78, 5) is 25.0. The van der Waals surface area contributed by atoms with E-state index in [0.29, 0.717) is 10.4 Å². The first-order chi connectivity index (χ1) is 16.1. The molecular formula is C24H20N4O5. The van der Waals surface area contributed by atoms with Crippen LogP contribution >= 0.6 is 0 Å². The molecule has 33 heavy (non-hydrogen) atoms. The average Bonchev–Trinajstić information content (AvgIpc) is 3.36. The minimum Gasteiger partial charge on any atom is -0.449 e. The molecule has 0 spiro atoms. The van der Waals surface area contributed by atoms with E-state index < -0.39 is 12.1 Å². The number of rotatable bonds is 6. The molecule has 9 nitrogen and oxygen atoms in total. The van der Waals surface area contributed by atoms with Gasteiger partial charge in [-0.3, -0.25) is 4.79 Å². The van der Waals surface area contributed by atoms with Crippen molar-refractivity contribution in [2.75, 3.05) is 13.2 Å². The van der Waals surface area contributed by atoms with E-state index in [-0.39, 0.29) is 36.8 Å². The number of benzene rings is 3. The fraction of sp³-hybridized carbons (Fsp3) is 0.167. The number of alkyl carbamates (subject to hydrolysis) is 1. The number of amides is 1. The summed E-state index contributed by atoms with van der Waals surface area (Å²) in [5.74, 6) is -0.415. The molecule has 1 aliphatic rings. The Kier molecular flexibility index (Phi) is 5.35. The van der Waals surface area contributed by atoms with Crippen LogP contribution in [0.4, 0.5) is 4.79 Å². The minimum absolute atomic E-state index is 0.0338. The largest absolute Gasteiger partial charge is 0.449 e. The molecule has 0 saturated carbocycles. The van der Waals surface area contributed by atoms with Gasteiger partial charge in [0.25, 0.3) is 0 Å². The fourth-order valence-corrected chi connectivity index (χ4v) is 4.08. The fourth-order valence-electron chi connectivity index (χ4n) is 4.08. The SMILES string of the molecule is O=C(CCNC(=O)OCC1c2ccccc2-c2ccccc21)Oc1cccc2c1nnn2O. The van der Waals surface area contributed by atoms with E-state index in [1.807, 2.05) is 36.4 Å². The lowest BCUT2D eigenvalue weighted by Gasteiger charge is -2.14. The van der Waals surface area contributed by atoms with Crippen molar-refractivity contribution in [2.24, 2.45) is 0 Å². The molecule has 9 heteroatoms. The van der Waals surface area contributed by atoms with Gasteiger partial charge in [0, 0.05) is 12.5 Å². The summed E-state index contributed by atoms with van der Waals surface area (Å²) in [6.07, 6.45) is -0.664. The maximum atomic E-state index is 12.2. The van der Waals surface area contributed by atoms with Crippen molar-refractivity contribution in [1.82, 2.24) is 20.5 Å². The molecule has 2 N–H and O–H groups in total. The zero-order chi connectivity index (χ0) is 22.8. The van der Waals surface area contributed by atoms with Gasteiger partial charge < -0.3 is 20.0 Å². The highest BCUT2D eigenvalue weighted by Gasteiger charge is 2.29. The van der Waals surface area contributed by atoms with Crippen LogP contribution in [0.3, 0.4) is 0 Å². The number of nitrogens with one attached hydrogen (secondary N) is 1. The van der Waals surface area contributed by atoms with Crippen molar-refractivity contribution in [3.8, 4) is 16.9 Å². The Morgan fingerprint density at radius 3 is 2.39 bits per heavy atom. The topological polar surface area (TPSA) is 116 Å². The van der Waals surface area contributed by atoms with Crippen molar-refractivity contribution in [3.05, 3.63) is 77.9 Å². The van der Waals surface area contributed by atoms with Crippen LogP contribution in [0.5, 0.6) is 5.75 Å². The second-order valence-electron chi connectivity index (χ2n) is 7.58. The van der Waals surface area contributed by atoms with E-state index in [2.05, 4.69) is 27.8 Å². The van der Waals surface area contributed by atoms with Crippen LogP contribution in [-0.4, -0.2) is 45.6 Å². The van der Waals surface area contributed by atoms with Crippen molar-refractivity contribution >= 4 is 23.1 Å². The molecule has 0 aliphatic heterocycles. The second kappa shape index (κ2) is 8.62. The van der Waals surface area contributed by atoms with Crippen LogP contribution in [0, 0.1) is 0 Å². The summed E-state index contributed by atoms with van der Waals surface area (Å²) >= 11 is 0. The Labute approximate surface area is 188 Å². The molecule has 1 heterocycles. The summed E-state index contributed by atoms with van der Waals surface area (Å²) in [7, 11) is 0. The van der Waals surface area contributed by atoms with Gasteiger partial charge in [0.15, 0.2) is 11.3 Å². The van der Waals surface area contributed by atoms with E-state index >= 15 is 0 Å². The summed E-state index contributed by atoms with van der Waals surface area (Å²) < 4.78 is 10.7. The lowest BCUT2D eigenvalue weighted by molar-refractivity contribution is -0.134. The van der Waals surface area contributed by atoms with E-state index in [9.17, 15) is 14.8 Å². The smallest absolute Gasteiger partial charge is 0.407 e. The van der Waals surface area contributed by atoms with Gasteiger partial charge in [-0.05, 0) is 39.6 Å². The van der Waals surface area contributed by atoms with Gasteiger partial charge in [0.05, 0.1) is 6.42 Å². The number of aromatic nitrogens is 3. The number of ether oxygens (including phenoxy) is 2. The number of carbonyl (C=O) groups is 2. The Balaban J connectivity index is 1.13.